The summed E-state index contributed by atoms with van der Waals surface area (Å²) in [7, 11) is 0. The van der Waals surface area contributed by atoms with E-state index < -0.39 is 0 Å². The van der Waals surface area contributed by atoms with Gasteiger partial charge >= 0.3 is 0 Å². The van der Waals surface area contributed by atoms with Crippen LogP contribution in [-0.4, -0.2) is 13.1 Å². The number of rotatable bonds is 6. The molecular weight excluding hydrogens is 288 g/mol. The van der Waals surface area contributed by atoms with Gasteiger partial charge in [0.15, 0.2) is 12.4 Å². The zero-order valence-electron chi connectivity index (χ0n) is 13.2. The molecule has 0 saturated heterocycles. The van der Waals surface area contributed by atoms with E-state index in [0.29, 0.717) is 24.6 Å². The van der Waals surface area contributed by atoms with E-state index >= 15 is 0 Å². The molecule has 0 atom stereocenters. The third-order valence-electron chi connectivity index (χ3n) is 3.41. The molecule has 0 saturated carbocycles. The first-order chi connectivity index (χ1) is 11.2. The highest BCUT2D eigenvalue weighted by Crippen LogP contribution is 2.26. The van der Waals surface area contributed by atoms with Crippen LogP contribution in [0.4, 0.5) is 11.4 Å². The molecule has 2 rings (SSSR count). The van der Waals surface area contributed by atoms with Gasteiger partial charge in [0.25, 0.3) is 0 Å². The highest BCUT2D eigenvalue weighted by molar-refractivity contribution is 5.54. The zero-order chi connectivity index (χ0) is 16.7. The Morgan fingerprint density at radius 2 is 1.09 bits per heavy atom. The maximum absolute atomic E-state index is 9.01. The Hall–Kier alpha value is -3.18. The Bertz CT molecular complexity index is 647. The number of nitrogens with zero attached hydrogens (tertiary/aromatic N) is 4. The van der Waals surface area contributed by atoms with Crippen molar-refractivity contribution in [3.05, 3.63) is 48.5 Å². The molecule has 0 aliphatic heterocycles. The van der Waals surface area contributed by atoms with Crippen LogP contribution in [0.1, 0.15) is 13.8 Å². The summed E-state index contributed by atoms with van der Waals surface area (Å²) in [4.78, 5) is 3.19. The van der Waals surface area contributed by atoms with Crippen LogP contribution in [-0.2, 0) is 0 Å². The first-order valence-electron chi connectivity index (χ1n) is 7.44. The molecule has 0 amide bonds. The molecule has 0 unspecified atom stereocenters. The molecule has 0 aliphatic rings. The SMILES string of the molecule is CCN(C#N)c1ccc(Oc2ccc(N(C#N)CC)cc2)cc1. The van der Waals surface area contributed by atoms with E-state index in [1.807, 2.05) is 62.4 Å². The van der Waals surface area contributed by atoms with E-state index in [4.69, 9.17) is 15.3 Å². The molecule has 5 nitrogen and oxygen atoms in total. The van der Waals surface area contributed by atoms with Crippen molar-refractivity contribution < 1.29 is 4.74 Å². The van der Waals surface area contributed by atoms with Crippen molar-refractivity contribution in [1.82, 2.24) is 0 Å². The maximum Gasteiger partial charge on any atom is 0.184 e. The van der Waals surface area contributed by atoms with Crippen LogP contribution in [0, 0.1) is 22.9 Å². The predicted octanol–water partition coefficient (Wildman–Crippen LogP) is 4.09. The predicted molar refractivity (Wildman–Crippen MR) is 90.2 cm³/mol. The van der Waals surface area contributed by atoms with E-state index in [0.717, 1.165) is 11.4 Å². The summed E-state index contributed by atoms with van der Waals surface area (Å²) < 4.78 is 5.78. The number of benzene rings is 2. The molecular formula is C18H18N4O. The van der Waals surface area contributed by atoms with Crippen LogP contribution in [0.25, 0.3) is 0 Å². The van der Waals surface area contributed by atoms with Crippen molar-refractivity contribution in [2.75, 3.05) is 22.9 Å². The van der Waals surface area contributed by atoms with Crippen molar-refractivity contribution in [3.8, 4) is 23.9 Å². The molecule has 0 fully saturated rings. The van der Waals surface area contributed by atoms with Gasteiger partial charge in [0.2, 0.25) is 0 Å². The Morgan fingerprint density at radius 3 is 1.35 bits per heavy atom. The summed E-state index contributed by atoms with van der Waals surface area (Å²) in [6.07, 6.45) is 4.25. The molecule has 2 aromatic rings. The standard InChI is InChI=1S/C18H18N4O/c1-3-21(13-19)15-5-9-17(10-6-15)23-18-11-7-16(8-12-18)22(4-2)14-20/h5-12H,3-4H2,1-2H3. The highest BCUT2D eigenvalue weighted by atomic mass is 16.5. The fourth-order valence-electron chi connectivity index (χ4n) is 2.15. The summed E-state index contributed by atoms with van der Waals surface area (Å²) >= 11 is 0. The van der Waals surface area contributed by atoms with E-state index in [-0.39, 0.29) is 0 Å². The summed E-state index contributed by atoms with van der Waals surface area (Å²) in [6, 6.07) is 14.7. The first kappa shape index (κ1) is 16.2. The van der Waals surface area contributed by atoms with Crippen molar-refractivity contribution in [2.45, 2.75) is 13.8 Å². The third kappa shape index (κ3) is 3.93. The topological polar surface area (TPSA) is 63.3 Å². The van der Waals surface area contributed by atoms with Gasteiger partial charge < -0.3 is 4.74 Å². The van der Waals surface area contributed by atoms with Gasteiger partial charge in [-0.25, -0.2) is 0 Å². The summed E-state index contributed by atoms with van der Waals surface area (Å²) in [5, 5.41) is 18.0. The lowest BCUT2D eigenvalue weighted by atomic mass is 10.2. The smallest absolute Gasteiger partial charge is 0.184 e. The summed E-state index contributed by atoms with van der Waals surface area (Å²) in [6.45, 7) is 5.11. The monoisotopic (exact) mass is 306 g/mol. The maximum atomic E-state index is 9.01. The molecule has 0 aromatic heterocycles. The summed E-state index contributed by atoms with van der Waals surface area (Å²) in [5.74, 6) is 1.39. The molecule has 23 heavy (non-hydrogen) atoms. The minimum absolute atomic E-state index is 0.630. The summed E-state index contributed by atoms with van der Waals surface area (Å²) in [5.41, 5.74) is 1.68. The third-order valence-corrected chi connectivity index (χ3v) is 3.41. The number of nitriles is 2. The van der Waals surface area contributed by atoms with Crippen molar-refractivity contribution in [3.63, 3.8) is 0 Å². The Labute approximate surface area is 136 Å². The van der Waals surface area contributed by atoms with Gasteiger partial charge in [-0.1, -0.05) is 0 Å². The minimum Gasteiger partial charge on any atom is -0.457 e. The number of ether oxygens (including phenoxy) is 1. The lowest BCUT2D eigenvalue weighted by Gasteiger charge is -2.14. The average molecular weight is 306 g/mol. The Kier molecular flexibility index (Phi) is 5.44. The average Bonchev–Trinajstić information content (AvgIpc) is 2.60. The lowest BCUT2D eigenvalue weighted by Crippen LogP contribution is -2.14. The van der Waals surface area contributed by atoms with Gasteiger partial charge in [0.05, 0.1) is 11.4 Å². The second kappa shape index (κ2) is 7.72. The van der Waals surface area contributed by atoms with Gasteiger partial charge in [-0.2, -0.15) is 10.5 Å². The second-order valence-corrected chi connectivity index (χ2v) is 4.78. The number of anilines is 2. The van der Waals surface area contributed by atoms with Crippen molar-refractivity contribution in [1.29, 1.82) is 10.5 Å². The van der Waals surface area contributed by atoms with Crippen LogP contribution in [0.15, 0.2) is 48.5 Å². The van der Waals surface area contributed by atoms with Gasteiger partial charge in [0, 0.05) is 13.1 Å². The zero-order valence-corrected chi connectivity index (χ0v) is 13.2. The molecule has 5 heteroatoms. The minimum atomic E-state index is 0.630. The fraction of sp³-hybridized carbons (Fsp3) is 0.222. The number of hydrogen-bond donors (Lipinski definition) is 0. The molecule has 2 aromatic carbocycles. The second-order valence-electron chi connectivity index (χ2n) is 4.78. The fourth-order valence-corrected chi connectivity index (χ4v) is 2.15. The quantitative estimate of drug-likeness (QED) is 0.594. The van der Waals surface area contributed by atoms with Crippen molar-refractivity contribution >= 4 is 11.4 Å². The van der Waals surface area contributed by atoms with E-state index in [9.17, 15) is 0 Å². The molecule has 0 bridgehead atoms. The van der Waals surface area contributed by atoms with Crippen molar-refractivity contribution in [2.24, 2.45) is 0 Å². The Morgan fingerprint density at radius 1 is 0.739 bits per heavy atom. The van der Waals surface area contributed by atoms with Crippen LogP contribution < -0.4 is 14.5 Å². The Balaban J connectivity index is 2.08. The van der Waals surface area contributed by atoms with E-state index in [1.54, 1.807) is 9.80 Å². The van der Waals surface area contributed by atoms with Gasteiger partial charge in [-0.3, -0.25) is 9.80 Å². The largest absolute Gasteiger partial charge is 0.457 e. The molecule has 0 radical (unpaired) electrons. The van der Waals surface area contributed by atoms with Gasteiger partial charge in [-0.05, 0) is 62.4 Å². The van der Waals surface area contributed by atoms with Gasteiger partial charge in [0.1, 0.15) is 11.5 Å². The van der Waals surface area contributed by atoms with Crippen LogP contribution in [0.5, 0.6) is 11.5 Å². The van der Waals surface area contributed by atoms with Gasteiger partial charge in [-0.15, -0.1) is 0 Å². The molecule has 116 valence electrons. The lowest BCUT2D eigenvalue weighted by molar-refractivity contribution is 0.483. The van der Waals surface area contributed by atoms with E-state index in [2.05, 4.69) is 12.4 Å². The highest BCUT2D eigenvalue weighted by Gasteiger charge is 2.05. The first-order valence-corrected chi connectivity index (χ1v) is 7.44. The van der Waals surface area contributed by atoms with Crippen LogP contribution in [0.3, 0.4) is 0 Å². The van der Waals surface area contributed by atoms with E-state index in [1.165, 1.54) is 0 Å². The molecule has 0 spiro atoms. The normalized spacial score (nSPS) is 9.57. The number of hydrogen-bond acceptors (Lipinski definition) is 5. The van der Waals surface area contributed by atoms with Crippen LogP contribution >= 0.6 is 0 Å². The molecule has 0 heterocycles. The van der Waals surface area contributed by atoms with Crippen LogP contribution in [0.2, 0.25) is 0 Å². The molecule has 0 N–H and O–H groups in total. The molecule has 0 aliphatic carbocycles.